The first-order valence-electron chi connectivity index (χ1n) is 2.94. The van der Waals surface area contributed by atoms with Gasteiger partial charge in [0.05, 0.1) is 6.10 Å². The molecule has 0 rings (SSSR count). The van der Waals surface area contributed by atoms with E-state index in [-0.39, 0.29) is 6.54 Å². The van der Waals surface area contributed by atoms with Gasteiger partial charge in [-0.3, -0.25) is 0 Å². The first-order chi connectivity index (χ1) is 4.04. The molecule has 0 bridgehead atoms. The highest BCUT2D eigenvalue weighted by molar-refractivity contribution is 4.79. The predicted molar refractivity (Wildman–Crippen MR) is 34.5 cm³/mol. The van der Waals surface area contributed by atoms with Gasteiger partial charge < -0.3 is 21.7 Å². The summed E-state index contributed by atoms with van der Waals surface area (Å²) in [7, 11) is 0. The summed E-state index contributed by atoms with van der Waals surface area (Å²) in [5.41, 5.74) is 8.58. The fourth-order valence-electron chi connectivity index (χ4n) is 0.490. The Kier molecular flexibility index (Phi) is 3.07. The van der Waals surface area contributed by atoms with Crippen LogP contribution in [0.3, 0.4) is 0 Å². The highest BCUT2D eigenvalue weighted by atomic mass is 16.4. The average molecular weight is 134 g/mol. The molecule has 0 aliphatic rings. The number of hydrogen-bond donors (Lipinski definition) is 4. The van der Waals surface area contributed by atoms with E-state index in [4.69, 9.17) is 21.7 Å². The molecule has 9 heavy (non-hydrogen) atoms. The molecular formula is C5H14N2O2. The maximum Gasteiger partial charge on any atom is 0.151 e. The van der Waals surface area contributed by atoms with Crippen LogP contribution in [0.1, 0.15) is 13.3 Å². The fourth-order valence-corrected chi connectivity index (χ4v) is 0.490. The van der Waals surface area contributed by atoms with E-state index in [9.17, 15) is 0 Å². The van der Waals surface area contributed by atoms with Crippen LogP contribution >= 0.6 is 0 Å². The molecule has 0 fully saturated rings. The number of nitrogens with two attached hydrogens (primary N) is 2. The van der Waals surface area contributed by atoms with Crippen molar-refractivity contribution in [2.24, 2.45) is 11.5 Å². The Morgan fingerprint density at radius 2 is 2.11 bits per heavy atom. The molecule has 0 aromatic carbocycles. The average Bonchev–Trinajstić information content (AvgIpc) is 1.86. The molecule has 2 atom stereocenters. The standard InChI is InChI=1S/C5H14N2O2/c1-2-4(8)5(7,9)3-6/h4,8-9H,2-3,6-7H2,1H3. The van der Waals surface area contributed by atoms with E-state index in [1.54, 1.807) is 6.92 Å². The van der Waals surface area contributed by atoms with Crippen LogP contribution in [0.5, 0.6) is 0 Å². The van der Waals surface area contributed by atoms with Gasteiger partial charge in [0.1, 0.15) is 0 Å². The third kappa shape index (κ3) is 2.28. The Bertz CT molecular complexity index is 85.0. The lowest BCUT2D eigenvalue weighted by atomic mass is 10.1. The van der Waals surface area contributed by atoms with E-state index in [0.717, 1.165) is 0 Å². The summed E-state index contributed by atoms with van der Waals surface area (Å²) in [4.78, 5) is 0. The Morgan fingerprint density at radius 3 is 2.22 bits per heavy atom. The first kappa shape index (κ1) is 8.84. The van der Waals surface area contributed by atoms with Crippen molar-refractivity contribution < 1.29 is 10.2 Å². The van der Waals surface area contributed by atoms with Crippen LogP contribution in [-0.4, -0.2) is 28.6 Å². The van der Waals surface area contributed by atoms with E-state index >= 15 is 0 Å². The summed E-state index contributed by atoms with van der Waals surface area (Å²) in [6.07, 6.45) is -0.521. The normalized spacial score (nSPS) is 21.0. The fraction of sp³-hybridized carbons (Fsp3) is 1.00. The lowest BCUT2D eigenvalue weighted by Crippen LogP contribution is -2.56. The van der Waals surface area contributed by atoms with E-state index in [2.05, 4.69) is 0 Å². The minimum absolute atomic E-state index is 0.123. The summed E-state index contributed by atoms with van der Waals surface area (Å²) in [6.45, 7) is 1.60. The maximum absolute atomic E-state index is 8.99. The topological polar surface area (TPSA) is 92.5 Å². The molecule has 0 heterocycles. The highest BCUT2D eigenvalue weighted by Crippen LogP contribution is 2.03. The Morgan fingerprint density at radius 1 is 1.67 bits per heavy atom. The van der Waals surface area contributed by atoms with Gasteiger partial charge in [-0.1, -0.05) is 6.92 Å². The monoisotopic (exact) mass is 134 g/mol. The summed E-state index contributed by atoms with van der Waals surface area (Å²) in [6, 6.07) is 0. The van der Waals surface area contributed by atoms with Gasteiger partial charge >= 0.3 is 0 Å². The van der Waals surface area contributed by atoms with Crippen LogP contribution in [-0.2, 0) is 0 Å². The number of aliphatic hydroxyl groups excluding tert-OH is 1. The molecule has 0 aliphatic carbocycles. The molecule has 0 aromatic heterocycles. The smallest absolute Gasteiger partial charge is 0.151 e. The zero-order valence-corrected chi connectivity index (χ0v) is 5.54. The number of rotatable bonds is 3. The van der Waals surface area contributed by atoms with Crippen molar-refractivity contribution in [2.75, 3.05) is 6.54 Å². The third-order valence-corrected chi connectivity index (χ3v) is 1.29. The minimum Gasteiger partial charge on any atom is -0.389 e. The zero-order valence-electron chi connectivity index (χ0n) is 5.54. The van der Waals surface area contributed by atoms with Crippen LogP contribution in [0.25, 0.3) is 0 Å². The van der Waals surface area contributed by atoms with E-state index in [1.165, 1.54) is 0 Å². The van der Waals surface area contributed by atoms with E-state index < -0.39 is 11.8 Å². The van der Waals surface area contributed by atoms with Crippen molar-refractivity contribution in [1.82, 2.24) is 0 Å². The Hall–Kier alpha value is -0.160. The number of hydrogen-bond acceptors (Lipinski definition) is 4. The molecule has 0 aromatic rings. The molecule has 0 radical (unpaired) electrons. The van der Waals surface area contributed by atoms with Crippen molar-refractivity contribution in [3.63, 3.8) is 0 Å². The zero-order chi connectivity index (χ0) is 7.49. The lowest BCUT2D eigenvalue weighted by molar-refractivity contribution is -0.0647. The van der Waals surface area contributed by atoms with Crippen molar-refractivity contribution in [3.05, 3.63) is 0 Å². The first-order valence-corrected chi connectivity index (χ1v) is 2.94. The van der Waals surface area contributed by atoms with Crippen molar-refractivity contribution in [1.29, 1.82) is 0 Å². The van der Waals surface area contributed by atoms with Crippen molar-refractivity contribution >= 4 is 0 Å². The Labute approximate surface area is 54.5 Å². The highest BCUT2D eigenvalue weighted by Gasteiger charge is 2.27. The minimum atomic E-state index is -1.62. The van der Waals surface area contributed by atoms with E-state index in [0.29, 0.717) is 6.42 Å². The molecule has 6 N–H and O–H groups in total. The molecule has 2 unspecified atom stereocenters. The van der Waals surface area contributed by atoms with E-state index in [1.807, 2.05) is 0 Å². The van der Waals surface area contributed by atoms with Crippen LogP contribution in [0, 0.1) is 0 Å². The largest absolute Gasteiger partial charge is 0.389 e. The van der Waals surface area contributed by atoms with Gasteiger partial charge in [0.2, 0.25) is 0 Å². The van der Waals surface area contributed by atoms with Gasteiger partial charge in [-0.05, 0) is 6.42 Å². The van der Waals surface area contributed by atoms with Crippen LogP contribution in [0.15, 0.2) is 0 Å². The Balaban J connectivity index is 3.80. The quantitative estimate of drug-likeness (QED) is 0.348. The van der Waals surface area contributed by atoms with Gasteiger partial charge in [-0.15, -0.1) is 0 Å². The molecule has 0 aliphatic heterocycles. The SMILES string of the molecule is CCC(O)C(N)(O)CN. The second-order valence-corrected chi connectivity index (χ2v) is 2.12. The predicted octanol–water partition coefficient (Wildman–Crippen LogP) is -1.64. The summed E-state index contributed by atoms with van der Waals surface area (Å²) in [5, 5.41) is 17.9. The molecule has 56 valence electrons. The summed E-state index contributed by atoms with van der Waals surface area (Å²) in [5.74, 6) is 0. The molecule has 0 spiro atoms. The van der Waals surface area contributed by atoms with Gasteiger partial charge in [-0.25, -0.2) is 0 Å². The molecule has 0 saturated heterocycles. The van der Waals surface area contributed by atoms with Crippen LogP contribution in [0.4, 0.5) is 0 Å². The van der Waals surface area contributed by atoms with Gasteiger partial charge in [-0.2, -0.15) is 0 Å². The van der Waals surface area contributed by atoms with Crippen LogP contribution < -0.4 is 11.5 Å². The molecule has 4 nitrogen and oxygen atoms in total. The summed E-state index contributed by atoms with van der Waals surface area (Å²) < 4.78 is 0. The van der Waals surface area contributed by atoms with Crippen molar-refractivity contribution in [2.45, 2.75) is 25.2 Å². The van der Waals surface area contributed by atoms with Gasteiger partial charge in [0, 0.05) is 6.54 Å². The molecule has 0 saturated carbocycles. The van der Waals surface area contributed by atoms with Gasteiger partial charge in [0.25, 0.3) is 0 Å². The molecule has 4 heteroatoms. The van der Waals surface area contributed by atoms with Gasteiger partial charge in [0.15, 0.2) is 5.72 Å². The second kappa shape index (κ2) is 3.12. The third-order valence-electron chi connectivity index (χ3n) is 1.29. The molecular weight excluding hydrogens is 120 g/mol. The number of aliphatic hydroxyl groups is 2. The second-order valence-electron chi connectivity index (χ2n) is 2.12. The lowest BCUT2D eigenvalue weighted by Gasteiger charge is -2.25. The van der Waals surface area contributed by atoms with Crippen molar-refractivity contribution in [3.8, 4) is 0 Å². The summed E-state index contributed by atoms with van der Waals surface area (Å²) >= 11 is 0. The maximum atomic E-state index is 8.99. The van der Waals surface area contributed by atoms with Crippen LogP contribution in [0.2, 0.25) is 0 Å². The molecule has 0 amide bonds.